The molecule has 0 bridgehead atoms. The van der Waals surface area contributed by atoms with E-state index in [0.717, 1.165) is 18.5 Å². The highest BCUT2D eigenvalue weighted by Crippen LogP contribution is 2.18. The van der Waals surface area contributed by atoms with E-state index in [1.54, 1.807) is 6.07 Å². The zero-order valence-corrected chi connectivity index (χ0v) is 9.76. The maximum Gasteiger partial charge on any atom is 0.232 e. The van der Waals surface area contributed by atoms with Gasteiger partial charge in [0.15, 0.2) is 0 Å². The van der Waals surface area contributed by atoms with Crippen LogP contribution in [0.3, 0.4) is 0 Å². The van der Waals surface area contributed by atoms with E-state index in [0.29, 0.717) is 5.88 Å². The zero-order chi connectivity index (χ0) is 11.5. The van der Waals surface area contributed by atoms with Crippen molar-refractivity contribution in [2.24, 2.45) is 5.41 Å². The van der Waals surface area contributed by atoms with Crippen LogP contribution in [0.1, 0.15) is 39.8 Å². The summed E-state index contributed by atoms with van der Waals surface area (Å²) >= 11 is 0. The third kappa shape index (κ3) is 3.38. The van der Waals surface area contributed by atoms with Gasteiger partial charge in [0.25, 0.3) is 0 Å². The third-order valence-electron chi connectivity index (χ3n) is 1.98. The topological polar surface area (TPSA) is 55.1 Å². The summed E-state index contributed by atoms with van der Waals surface area (Å²) in [6.07, 6.45) is 1.88. The number of aromatic nitrogens is 1. The van der Waals surface area contributed by atoms with E-state index >= 15 is 0 Å². The van der Waals surface area contributed by atoms with E-state index in [9.17, 15) is 4.79 Å². The van der Waals surface area contributed by atoms with Crippen LogP contribution in [0.5, 0.6) is 0 Å². The predicted molar refractivity (Wildman–Crippen MR) is 58.6 cm³/mol. The molecule has 0 aliphatic heterocycles. The molecular formula is C11H18N2O2. The molecule has 1 amide bonds. The van der Waals surface area contributed by atoms with Gasteiger partial charge in [0.05, 0.1) is 5.69 Å². The summed E-state index contributed by atoms with van der Waals surface area (Å²) in [5.74, 6) is 0.361. The first kappa shape index (κ1) is 11.8. The maximum atomic E-state index is 11.6. The van der Waals surface area contributed by atoms with E-state index in [1.807, 2.05) is 20.8 Å². The number of hydrogen-bond donors (Lipinski definition) is 1. The first-order chi connectivity index (χ1) is 6.93. The lowest BCUT2D eigenvalue weighted by molar-refractivity contribution is -0.123. The van der Waals surface area contributed by atoms with E-state index in [4.69, 9.17) is 4.52 Å². The second-order valence-corrected chi connectivity index (χ2v) is 4.64. The Balaban J connectivity index is 2.61. The highest BCUT2D eigenvalue weighted by Gasteiger charge is 2.22. The molecule has 0 radical (unpaired) electrons. The molecule has 0 atom stereocenters. The van der Waals surface area contributed by atoms with Crippen LogP contribution >= 0.6 is 0 Å². The van der Waals surface area contributed by atoms with Crippen molar-refractivity contribution in [2.75, 3.05) is 5.32 Å². The summed E-state index contributed by atoms with van der Waals surface area (Å²) in [7, 11) is 0. The van der Waals surface area contributed by atoms with Crippen LogP contribution in [0.25, 0.3) is 0 Å². The molecule has 0 aliphatic rings. The number of aryl methyl sites for hydroxylation is 1. The number of carbonyl (C=O) groups excluding carboxylic acids is 1. The van der Waals surface area contributed by atoms with Gasteiger partial charge in [0.2, 0.25) is 11.8 Å². The van der Waals surface area contributed by atoms with Crippen LogP contribution in [0.2, 0.25) is 0 Å². The Bertz CT molecular complexity index is 337. The van der Waals surface area contributed by atoms with Gasteiger partial charge >= 0.3 is 0 Å². The maximum absolute atomic E-state index is 11.6. The number of rotatable bonds is 3. The highest BCUT2D eigenvalue weighted by molar-refractivity contribution is 5.93. The number of nitrogens with zero attached hydrogens (tertiary/aromatic N) is 1. The molecule has 0 saturated carbocycles. The molecule has 1 aromatic rings. The molecule has 15 heavy (non-hydrogen) atoms. The minimum atomic E-state index is -0.419. The van der Waals surface area contributed by atoms with Crippen LogP contribution in [0, 0.1) is 5.41 Å². The van der Waals surface area contributed by atoms with Gasteiger partial charge in [0, 0.05) is 11.5 Å². The lowest BCUT2D eigenvalue weighted by Gasteiger charge is -2.15. The molecule has 1 heterocycles. The Labute approximate surface area is 90.0 Å². The standard InChI is InChI=1S/C11H18N2O2/c1-5-6-8-7-9(15-13-8)12-10(14)11(2,3)4/h7H,5-6H2,1-4H3,(H,12,14). The number of hydrogen-bond acceptors (Lipinski definition) is 3. The Morgan fingerprint density at radius 2 is 2.20 bits per heavy atom. The molecule has 1 N–H and O–H groups in total. The van der Waals surface area contributed by atoms with E-state index in [2.05, 4.69) is 17.4 Å². The van der Waals surface area contributed by atoms with Crippen molar-refractivity contribution in [3.63, 3.8) is 0 Å². The molecule has 84 valence electrons. The average Bonchev–Trinajstić information content (AvgIpc) is 2.51. The van der Waals surface area contributed by atoms with Gasteiger partial charge in [-0.05, 0) is 6.42 Å². The van der Waals surface area contributed by atoms with E-state index < -0.39 is 5.41 Å². The molecule has 0 unspecified atom stereocenters. The number of nitrogens with one attached hydrogen (secondary N) is 1. The summed E-state index contributed by atoms with van der Waals surface area (Å²) in [6.45, 7) is 7.63. The molecule has 4 heteroatoms. The smallest absolute Gasteiger partial charge is 0.232 e. The third-order valence-corrected chi connectivity index (χ3v) is 1.98. The Kier molecular flexibility index (Phi) is 3.50. The Morgan fingerprint density at radius 3 is 2.73 bits per heavy atom. The molecule has 0 aliphatic carbocycles. The van der Waals surface area contributed by atoms with Crippen molar-refractivity contribution in [1.29, 1.82) is 0 Å². The van der Waals surface area contributed by atoms with Gasteiger partial charge < -0.3 is 4.52 Å². The minimum Gasteiger partial charge on any atom is -0.338 e. The molecule has 0 saturated heterocycles. The van der Waals surface area contributed by atoms with Crippen LogP contribution < -0.4 is 5.32 Å². The summed E-state index contributed by atoms with van der Waals surface area (Å²) < 4.78 is 5.00. The van der Waals surface area contributed by atoms with Crippen LogP contribution in [-0.4, -0.2) is 11.1 Å². The van der Waals surface area contributed by atoms with Crippen molar-refractivity contribution >= 4 is 11.8 Å². The fourth-order valence-corrected chi connectivity index (χ4v) is 1.04. The molecular weight excluding hydrogens is 192 g/mol. The van der Waals surface area contributed by atoms with Gasteiger partial charge in [-0.2, -0.15) is 0 Å². The quantitative estimate of drug-likeness (QED) is 0.834. The van der Waals surface area contributed by atoms with Crippen molar-refractivity contribution < 1.29 is 9.32 Å². The summed E-state index contributed by atoms with van der Waals surface area (Å²) in [5.41, 5.74) is 0.458. The first-order valence-corrected chi connectivity index (χ1v) is 5.20. The van der Waals surface area contributed by atoms with Crippen molar-refractivity contribution in [3.05, 3.63) is 11.8 Å². The molecule has 4 nitrogen and oxygen atoms in total. The van der Waals surface area contributed by atoms with E-state index in [-0.39, 0.29) is 5.91 Å². The van der Waals surface area contributed by atoms with Crippen LogP contribution in [0.4, 0.5) is 5.88 Å². The highest BCUT2D eigenvalue weighted by atomic mass is 16.5. The Morgan fingerprint density at radius 1 is 1.53 bits per heavy atom. The van der Waals surface area contributed by atoms with Gasteiger partial charge in [0.1, 0.15) is 0 Å². The summed E-state index contributed by atoms with van der Waals surface area (Å²) in [4.78, 5) is 11.6. The van der Waals surface area contributed by atoms with Crippen molar-refractivity contribution in [3.8, 4) is 0 Å². The lowest BCUT2D eigenvalue weighted by Crippen LogP contribution is -2.27. The first-order valence-electron chi connectivity index (χ1n) is 5.20. The molecule has 0 fully saturated rings. The molecule has 0 spiro atoms. The molecule has 0 aromatic carbocycles. The number of amides is 1. The predicted octanol–water partition coefficient (Wildman–Crippen LogP) is 2.61. The summed E-state index contributed by atoms with van der Waals surface area (Å²) in [6, 6.07) is 1.77. The van der Waals surface area contributed by atoms with E-state index in [1.165, 1.54) is 0 Å². The number of anilines is 1. The summed E-state index contributed by atoms with van der Waals surface area (Å²) in [5, 5.41) is 6.54. The van der Waals surface area contributed by atoms with Crippen molar-refractivity contribution in [1.82, 2.24) is 5.16 Å². The zero-order valence-electron chi connectivity index (χ0n) is 9.76. The minimum absolute atomic E-state index is 0.0679. The second-order valence-electron chi connectivity index (χ2n) is 4.64. The fraction of sp³-hybridized carbons (Fsp3) is 0.636. The largest absolute Gasteiger partial charge is 0.338 e. The average molecular weight is 210 g/mol. The normalized spacial score (nSPS) is 11.5. The molecule has 1 rings (SSSR count). The van der Waals surface area contributed by atoms with Crippen LogP contribution in [0.15, 0.2) is 10.6 Å². The second kappa shape index (κ2) is 4.47. The van der Waals surface area contributed by atoms with Gasteiger partial charge in [-0.1, -0.05) is 39.3 Å². The lowest BCUT2D eigenvalue weighted by atomic mass is 9.96. The number of carbonyl (C=O) groups is 1. The van der Waals surface area contributed by atoms with Crippen LogP contribution in [-0.2, 0) is 11.2 Å². The molecule has 1 aromatic heterocycles. The monoisotopic (exact) mass is 210 g/mol. The van der Waals surface area contributed by atoms with Gasteiger partial charge in [-0.3, -0.25) is 10.1 Å². The fourth-order valence-electron chi connectivity index (χ4n) is 1.04. The van der Waals surface area contributed by atoms with Crippen molar-refractivity contribution in [2.45, 2.75) is 40.5 Å². The van der Waals surface area contributed by atoms with Gasteiger partial charge in [-0.25, -0.2) is 0 Å². The Hall–Kier alpha value is -1.32. The van der Waals surface area contributed by atoms with Gasteiger partial charge in [-0.15, -0.1) is 0 Å². The SMILES string of the molecule is CCCc1cc(NC(=O)C(C)(C)C)on1.